The van der Waals surface area contributed by atoms with Crippen LogP contribution in [0.25, 0.3) is 0 Å². The summed E-state index contributed by atoms with van der Waals surface area (Å²) >= 11 is 7.71. The molecule has 0 saturated carbocycles. The van der Waals surface area contributed by atoms with Crippen LogP contribution in [-0.2, 0) is 0 Å². The summed E-state index contributed by atoms with van der Waals surface area (Å²) in [7, 11) is 2.10. The molecule has 21 heavy (non-hydrogen) atoms. The zero-order valence-electron chi connectivity index (χ0n) is 12.2. The average molecular weight is 326 g/mol. The lowest BCUT2D eigenvalue weighted by Crippen LogP contribution is -2.59. The standard InChI is InChI=1S/C15H20ClN3OS/c1-17-6-8-18(9-7-17)15(20)19-10-14(11-19)21-13-4-2-12(16)3-5-13/h2-5,14H,6-11H2,1H3. The fourth-order valence-electron chi connectivity index (χ4n) is 2.57. The minimum atomic E-state index is 0.205. The lowest BCUT2D eigenvalue weighted by Gasteiger charge is -2.43. The molecule has 2 heterocycles. The first kappa shape index (κ1) is 15.0. The molecule has 0 N–H and O–H groups in total. The molecule has 6 heteroatoms. The van der Waals surface area contributed by atoms with E-state index in [9.17, 15) is 4.79 Å². The molecule has 0 aromatic heterocycles. The molecule has 114 valence electrons. The van der Waals surface area contributed by atoms with Gasteiger partial charge in [0.25, 0.3) is 0 Å². The Morgan fingerprint density at radius 1 is 1.10 bits per heavy atom. The number of carbonyl (C=O) groups is 1. The Bertz CT molecular complexity index is 496. The van der Waals surface area contributed by atoms with Crippen LogP contribution in [0.2, 0.25) is 5.02 Å². The van der Waals surface area contributed by atoms with E-state index in [0.717, 1.165) is 44.3 Å². The molecule has 0 bridgehead atoms. The smallest absolute Gasteiger partial charge is 0.320 e. The predicted molar refractivity (Wildman–Crippen MR) is 87.1 cm³/mol. The van der Waals surface area contributed by atoms with Crippen molar-refractivity contribution in [1.82, 2.24) is 14.7 Å². The molecule has 2 amide bonds. The number of amides is 2. The van der Waals surface area contributed by atoms with Crippen LogP contribution >= 0.6 is 23.4 Å². The quantitative estimate of drug-likeness (QED) is 0.836. The van der Waals surface area contributed by atoms with E-state index in [4.69, 9.17) is 11.6 Å². The SMILES string of the molecule is CN1CCN(C(=O)N2CC(Sc3ccc(Cl)cc3)C2)CC1. The first-order valence-corrected chi connectivity index (χ1v) is 8.52. The summed E-state index contributed by atoms with van der Waals surface area (Å²) in [5, 5.41) is 1.27. The Hall–Kier alpha value is -0.910. The Morgan fingerprint density at radius 3 is 2.33 bits per heavy atom. The minimum absolute atomic E-state index is 0.205. The van der Waals surface area contributed by atoms with Crippen molar-refractivity contribution in [3.8, 4) is 0 Å². The van der Waals surface area contributed by atoms with Crippen LogP contribution in [0.3, 0.4) is 0 Å². The second-order valence-corrected chi connectivity index (χ2v) is 7.48. The second kappa shape index (κ2) is 6.46. The zero-order valence-corrected chi connectivity index (χ0v) is 13.7. The summed E-state index contributed by atoms with van der Waals surface area (Å²) in [5.41, 5.74) is 0. The number of rotatable bonds is 2. The summed E-state index contributed by atoms with van der Waals surface area (Å²) in [6, 6.07) is 8.11. The van der Waals surface area contributed by atoms with E-state index in [1.165, 1.54) is 4.90 Å². The normalized spacial score (nSPS) is 20.5. The first-order valence-electron chi connectivity index (χ1n) is 7.26. The number of hydrogen-bond donors (Lipinski definition) is 0. The summed E-state index contributed by atoms with van der Waals surface area (Å²) in [4.78, 5) is 19.8. The largest absolute Gasteiger partial charge is 0.322 e. The lowest BCUT2D eigenvalue weighted by atomic mass is 10.2. The molecule has 2 saturated heterocycles. The van der Waals surface area contributed by atoms with Crippen molar-refractivity contribution in [2.45, 2.75) is 10.1 Å². The van der Waals surface area contributed by atoms with Gasteiger partial charge >= 0.3 is 6.03 Å². The van der Waals surface area contributed by atoms with Gasteiger partial charge in [0, 0.05) is 54.4 Å². The van der Waals surface area contributed by atoms with Gasteiger partial charge in [0.1, 0.15) is 0 Å². The number of nitrogens with zero attached hydrogens (tertiary/aromatic N) is 3. The van der Waals surface area contributed by atoms with Crippen LogP contribution in [0.4, 0.5) is 4.79 Å². The highest BCUT2D eigenvalue weighted by atomic mass is 35.5. The number of likely N-dealkylation sites (tertiary alicyclic amines) is 1. The number of piperazine rings is 1. The molecule has 0 spiro atoms. The van der Waals surface area contributed by atoms with Crippen molar-refractivity contribution in [3.05, 3.63) is 29.3 Å². The van der Waals surface area contributed by atoms with Gasteiger partial charge in [-0.3, -0.25) is 0 Å². The van der Waals surface area contributed by atoms with E-state index in [1.54, 1.807) is 0 Å². The molecule has 1 aromatic carbocycles. The summed E-state index contributed by atoms with van der Waals surface area (Å²) in [6.07, 6.45) is 0. The molecule has 3 rings (SSSR count). The van der Waals surface area contributed by atoms with E-state index in [-0.39, 0.29) is 6.03 Å². The maximum absolute atomic E-state index is 12.3. The van der Waals surface area contributed by atoms with Crippen molar-refractivity contribution in [1.29, 1.82) is 0 Å². The van der Waals surface area contributed by atoms with Gasteiger partial charge in [-0.25, -0.2) is 4.79 Å². The van der Waals surface area contributed by atoms with Gasteiger partial charge in [-0.15, -0.1) is 11.8 Å². The van der Waals surface area contributed by atoms with E-state index in [2.05, 4.69) is 11.9 Å². The van der Waals surface area contributed by atoms with Crippen molar-refractivity contribution in [2.24, 2.45) is 0 Å². The van der Waals surface area contributed by atoms with E-state index < -0.39 is 0 Å². The van der Waals surface area contributed by atoms with Crippen LogP contribution in [0, 0.1) is 0 Å². The number of benzene rings is 1. The molecule has 2 aliphatic rings. The van der Waals surface area contributed by atoms with Crippen molar-refractivity contribution in [2.75, 3.05) is 46.3 Å². The van der Waals surface area contributed by atoms with Gasteiger partial charge in [0.2, 0.25) is 0 Å². The minimum Gasteiger partial charge on any atom is -0.322 e. The molecule has 2 fully saturated rings. The van der Waals surface area contributed by atoms with Crippen molar-refractivity contribution >= 4 is 29.4 Å². The summed E-state index contributed by atoms with van der Waals surface area (Å²) < 4.78 is 0. The molecule has 4 nitrogen and oxygen atoms in total. The first-order chi connectivity index (χ1) is 10.1. The third kappa shape index (κ3) is 3.65. The number of urea groups is 1. The Morgan fingerprint density at radius 2 is 1.71 bits per heavy atom. The Labute approximate surface area is 135 Å². The molecule has 2 aliphatic heterocycles. The van der Waals surface area contributed by atoms with Gasteiger partial charge in [0.15, 0.2) is 0 Å². The summed E-state index contributed by atoms with van der Waals surface area (Å²) in [6.45, 7) is 5.34. The van der Waals surface area contributed by atoms with Gasteiger partial charge in [0.05, 0.1) is 0 Å². The van der Waals surface area contributed by atoms with Gasteiger partial charge in [-0.2, -0.15) is 0 Å². The molecule has 0 aliphatic carbocycles. The number of likely N-dealkylation sites (N-methyl/N-ethyl adjacent to an activating group) is 1. The highest BCUT2D eigenvalue weighted by Crippen LogP contribution is 2.31. The highest BCUT2D eigenvalue weighted by molar-refractivity contribution is 8.00. The fourth-order valence-corrected chi connectivity index (χ4v) is 3.89. The predicted octanol–water partition coefficient (Wildman–Crippen LogP) is 2.48. The maximum Gasteiger partial charge on any atom is 0.320 e. The number of carbonyl (C=O) groups excluding carboxylic acids is 1. The molecule has 0 atom stereocenters. The van der Waals surface area contributed by atoms with Gasteiger partial charge in [-0.05, 0) is 31.3 Å². The second-order valence-electron chi connectivity index (χ2n) is 5.67. The fraction of sp³-hybridized carbons (Fsp3) is 0.533. The van der Waals surface area contributed by atoms with Crippen LogP contribution in [0.5, 0.6) is 0 Å². The zero-order chi connectivity index (χ0) is 14.8. The van der Waals surface area contributed by atoms with Crippen LogP contribution in [-0.4, -0.2) is 72.3 Å². The van der Waals surface area contributed by atoms with Crippen molar-refractivity contribution in [3.63, 3.8) is 0 Å². The van der Waals surface area contributed by atoms with Gasteiger partial charge < -0.3 is 14.7 Å². The highest BCUT2D eigenvalue weighted by Gasteiger charge is 2.34. The van der Waals surface area contributed by atoms with Crippen LogP contribution in [0.15, 0.2) is 29.2 Å². The molecule has 0 unspecified atom stereocenters. The van der Waals surface area contributed by atoms with Gasteiger partial charge in [-0.1, -0.05) is 11.6 Å². The number of hydrogen-bond acceptors (Lipinski definition) is 3. The van der Waals surface area contributed by atoms with E-state index >= 15 is 0 Å². The monoisotopic (exact) mass is 325 g/mol. The number of halogens is 1. The molecule has 1 aromatic rings. The molecular formula is C15H20ClN3OS. The third-order valence-corrected chi connectivity index (χ3v) is 5.44. The topological polar surface area (TPSA) is 26.8 Å². The van der Waals surface area contributed by atoms with E-state index in [1.807, 2.05) is 45.8 Å². The lowest BCUT2D eigenvalue weighted by molar-refractivity contribution is 0.105. The van der Waals surface area contributed by atoms with E-state index in [0.29, 0.717) is 5.25 Å². The summed E-state index contributed by atoms with van der Waals surface area (Å²) in [5.74, 6) is 0. The Balaban J connectivity index is 1.45. The van der Waals surface area contributed by atoms with Crippen molar-refractivity contribution < 1.29 is 4.79 Å². The average Bonchev–Trinajstić information content (AvgIpc) is 2.44. The molecule has 0 radical (unpaired) electrons. The Kier molecular flexibility index (Phi) is 4.62. The molecular weight excluding hydrogens is 306 g/mol. The maximum atomic E-state index is 12.3. The van der Waals surface area contributed by atoms with Crippen LogP contribution in [0.1, 0.15) is 0 Å². The third-order valence-electron chi connectivity index (χ3n) is 4.01. The number of thioether (sulfide) groups is 1. The van der Waals surface area contributed by atoms with Crippen LogP contribution < -0.4 is 0 Å².